The quantitative estimate of drug-likeness (QED) is 0.858. The Hall–Kier alpha value is -1.65. The smallest absolute Gasteiger partial charge is 0.102 e. The number of benzene rings is 1. The van der Waals surface area contributed by atoms with E-state index < -0.39 is 5.60 Å². The van der Waals surface area contributed by atoms with E-state index in [4.69, 9.17) is 0 Å². The van der Waals surface area contributed by atoms with E-state index in [1.807, 2.05) is 13.2 Å². The molecule has 0 spiro atoms. The van der Waals surface area contributed by atoms with E-state index in [9.17, 15) is 5.11 Å². The van der Waals surface area contributed by atoms with Gasteiger partial charge >= 0.3 is 0 Å². The molecule has 0 aliphatic rings. The Bertz CT molecular complexity index is 570. The summed E-state index contributed by atoms with van der Waals surface area (Å²) in [5, 5.41) is 17.9. The lowest BCUT2D eigenvalue weighted by Gasteiger charge is -2.22. The molecule has 2 N–H and O–H groups in total. The van der Waals surface area contributed by atoms with Gasteiger partial charge < -0.3 is 10.4 Å². The normalized spacial score (nSPS) is 14.4. The van der Waals surface area contributed by atoms with Crippen LogP contribution in [0.25, 0.3) is 0 Å². The van der Waals surface area contributed by atoms with E-state index in [1.54, 1.807) is 17.8 Å². The molecular weight excluding hydrogens is 262 g/mol. The molecule has 0 aliphatic carbocycles. The van der Waals surface area contributed by atoms with E-state index in [-0.39, 0.29) is 0 Å². The minimum Gasteiger partial charge on any atom is -0.384 e. The highest BCUT2D eigenvalue weighted by molar-refractivity contribution is 5.24. The number of hydrogen-bond acceptors (Lipinski definition) is 3. The van der Waals surface area contributed by atoms with Crippen molar-refractivity contribution in [3.05, 3.63) is 53.3 Å². The standard InChI is InChI=1S/C17H25N3O/c1-13(2)15-7-5-14(6-8-15)9-18-12-17(3,21)16-10-19-20(4)11-16/h5-8,10-11,13,18,21H,9,12H2,1-4H3. The van der Waals surface area contributed by atoms with Crippen molar-refractivity contribution in [3.63, 3.8) is 0 Å². The van der Waals surface area contributed by atoms with Crippen molar-refractivity contribution in [2.24, 2.45) is 7.05 Å². The number of hydrogen-bond donors (Lipinski definition) is 2. The van der Waals surface area contributed by atoms with Crippen molar-refractivity contribution >= 4 is 0 Å². The second kappa shape index (κ2) is 6.41. The third kappa shape index (κ3) is 4.16. The number of aromatic nitrogens is 2. The number of nitrogens with one attached hydrogen (secondary N) is 1. The van der Waals surface area contributed by atoms with Gasteiger partial charge in [-0.2, -0.15) is 5.10 Å². The summed E-state index contributed by atoms with van der Waals surface area (Å²) in [5.41, 5.74) is 2.49. The fourth-order valence-corrected chi connectivity index (χ4v) is 2.27. The maximum Gasteiger partial charge on any atom is 0.102 e. The van der Waals surface area contributed by atoms with Crippen molar-refractivity contribution in [2.75, 3.05) is 6.54 Å². The first kappa shape index (κ1) is 15.7. The summed E-state index contributed by atoms with van der Waals surface area (Å²) in [6.45, 7) is 7.43. The van der Waals surface area contributed by atoms with Crippen molar-refractivity contribution in [3.8, 4) is 0 Å². The summed E-state index contributed by atoms with van der Waals surface area (Å²) in [6.07, 6.45) is 3.55. The number of rotatable bonds is 6. The molecule has 0 saturated carbocycles. The molecule has 114 valence electrons. The van der Waals surface area contributed by atoms with Gasteiger partial charge in [-0.15, -0.1) is 0 Å². The first-order chi connectivity index (χ1) is 9.88. The highest BCUT2D eigenvalue weighted by Gasteiger charge is 2.23. The molecule has 4 nitrogen and oxygen atoms in total. The second-order valence-electron chi connectivity index (χ2n) is 6.18. The van der Waals surface area contributed by atoms with E-state index >= 15 is 0 Å². The maximum absolute atomic E-state index is 10.5. The summed E-state index contributed by atoms with van der Waals surface area (Å²) in [7, 11) is 1.85. The monoisotopic (exact) mass is 287 g/mol. The summed E-state index contributed by atoms with van der Waals surface area (Å²) >= 11 is 0. The molecule has 1 atom stereocenters. The van der Waals surface area contributed by atoms with Gasteiger partial charge in [0.1, 0.15) is 5.60 Å². The first-order valence-electron chi connectivity index (χ1n) is 7.39. The number of aliphatic hydroxyl groups is 1. The third-order valence-electron chi connectivity index (χ3n) is 3.77. The molecule has 21 heavy (non-hydrogen) atoms. The molecule has 0 saturated heterocycles. The predicted octanol–water partition coefficient (Wildman–Crippen LogP) is 2.54. The van der Waals surface area contributed by atoms with E-state index in [1.165, 1.54) is 11.1 Å². The fraction of sp³-hybridized carbons (Fsp3) is 0.471. The van der Waals surface area contributed by atoms with Gasteiger partial charge in [-0.25, -0.2) is 0 Å². The number of nitrogens with zero attached hydrogens (tertiary/aromatic N) is 2. The Balaban J connectivity index is 1.88. The SMILES string of the molecule is CC(C)c1ccc(CNCC(C)(O)c2cnn(C)c2)cc1. The molecule has 0 radical (unpaired) electrons. The minimum atomic E-state index is -0.911. The van der Waals surface area contributed by atoms with Gasteiger partial charge in [0, 0.05) is 31.9 Å². The molecule has 0 bridgehead atoms. The van der Waals surface area contributed by atoms with Crippen LogP contribution >= 0.6 is 0 Å². The lowest BCUT2D eigenvalue weighted by molar-refractivity contribution is 0.0566. The Kier molecular flexibility index (Phi) is 4.80. The molecule has 2 aromatic rings. The molecule has 1 heterocycles. The van der Waals surface area contributed by atoms with Gasteiger partial charge in [-0.1, -0.05) is 38.1 Å². The maximum atomic E-state index is 10.5. The second-order valence-corrected chi connectivity index (χ2v) is 6.18. The van der Waals surface area contributed by atoms with Crippen LogP contribution in [0.5, 0.6) is 0 Å². The van der Waals surface area contributed by atoms with Gasteiger partial charge in [0.2, 0.25) is 0 Å². The summed E-state index contributed by atoms with van der Waals surface area (Å²) in [5.74, 6) is 0.554. The average Bonchev–Trinajstić information content (AvgIpc) is 2.87. The van der Waals surface area contributed by atoms with Gasteiger partial charge in [0.15, 0.2) is 0 Å². The molecule has 1 unspecified atom stereocenters. The summed E-state index contributed by atoms with van der Waals surface area (Å²) in [6, 6.07) is 8.62. The van der Waals surface area contributed by atoms with Crippen molar-refractivity contribution < 1.29 is 5.11 Å². The van der Waals surface area contributed by atoms with E-state index in [0.29, 0.717) is 12.5 Å². The van der Waals surface area contributed by atoms with Crippen LogP contribution in [0, 0.1) is 0 Å². The molecule has 0 aliphatic heterocycles. The lowest BCUT2D eigenvalue weighted by atomic mass is 9.99. The number of aryl methyl sites for hydroxylation is 1. The van der Waals surface area contributed by atoms with Crippen molar-refractivity contribution in [1.29, 1.82) is 0 Å². The van der Waals surface area contributed by atoms with Crippen LogP contribution < -0.4 is 5.32 Å². The third-order valence-corrected chi connectivity index (χ3v) is 3.77. The summed E-state index contributed by atoms with van der Waals surface area (Å²) in [4.78, 5) is 0. The van der Waals surface area contributed by atoms with Gasteiger partial charge in [-0.05, 0) is 24.0 Å². The Morgan fingerprint density at radius 2 is 1.95 bits per heavy atom. The van der Waals surface area contributed by atoms with Crippen molar-refractivity contribution in [2.45, 2.75) is 38.8 Å². The van der Waals surface area contributed by atoms with E-state index in [0.717, 1.165) is 12.1 Å². The van der Waals surface area contributed by atoms with Crippen LogP contribution in [0.3, 0.4) is 0 Å². The fourth-order valence-electron chi connectivity index (χ4n) is 2.27. The van der Waals surface area contributed by atoms with Crippen molar-refractivity contribution in [1.82, 2.24) is 15.1 Å². The zero-order chi connectivity index (χ0) is 15.5. The highest BCUT2D eigenvalue weighted by Crippen LogP contribution is 2.19. The van der Waals surface area contributed by atoms with Crippen LogP contribution in [-0.2, 0) is 19.2 Å². The van der Waals surface area contributed by atoms with Gasteiger partial charge in [-0.3, -0.25) is 4.68 Å². The lowest BCUT2D eigenvalue weighted by Crippen LogP contribution is -2.34. The van der Waals surface area contributed by atoms with Crippen LogP contribution in [-0.4, -0.2) is 21.4 Å². The molecule has 1 aromatic carbocycles. The molecule has 1 aromatic heterocycles. The Morgan fingerprint density at radius 3 is 2.48 bits per heavy atom. The topological polar surface area (TPSA) is 50.1 Å². The molecular formula is C17H25N3O. The van der Waals surface area contributed by atoms with Crippen LogP contribution in [0.2, 0.25) is 0 Å². The Morgan fingerprint density at radius 1 is 1.29 bits per heavy atom. The molecule has 0 amide bonds. The highest BCUT2D eigenvalue weighted by atomic mass is 16.3. The first-order valence-corrected chi connectivity index (χ1v) is 7.39. The van der Waals surface area contributed by atoms with Gasteiger partial charge in [0.25, 0.3) is 0 Å². The molecule has 2 rings (SSSR count). The zero-order valence-corrected chi connectivity index (χ0v) is 13.3. The molecule has 0 fully saturated rings. The van der Waals surface area contributed by atoms with Crippen LogP contribution in [0.1, 0.15) is 43.4 Å². The summed E-state index contributed by atoms with van der Waals surface area (Å²) < 4.78 is 1.70. The van der Waals surface area contributed by atoms with Crippen LogP contribution in [0.4, 0.5) is 0 Å². The Labute approximate surface area is 126 Å². The van der Waals surface area contributed by atoms with Crippen LogP contribution in [0.15, 0.2) is 36.7 Å². The minimum absolute atomic E-state index is 0.491. The van der Waals surface area contributed by atoms with E-state index in [2.05, 4.69) is 48.5 Å². The average molecular weight is 287 g/mol. The van der Waals surface area contributed by atoms with Gasteiger partial charge in [0.05, 0.1) is 6.20 Å². The predicted molar refractivity (Wildman–Crippen MR) is 85.0 cm³/mol. The largest absolute Gasteiger partial charge is 0.384 e. The zero-order valence-electron chi connectivity index (χ0n) is 13.3. The molecule has 4 heteroatoms.